The van der Waals surface area contributed by atoms with E-state index in [0.29, 0.717) is 0 Å². The summed E-state index contributed by atoms with van der Waals surface area (Å²) >= 11 is 3.51. The lowest BCUT2D eigenvalue weighted by atomic mass is 10.1. The van der Waals surface area contributed by atoms with Gasteiger partial charge in [0.1, 0.15) is 0 Å². The normalized spacial score (nSPS) is 10.4. The van der Waals surface area contributed by atoms with Gasteiger partial charge in [-0.3, -0.25) is 4.79 Å². The van der Waals surface area contributed by atoms with Gasteiger partial charge in [0.05, 0.1) is 0 Å². The fourth-order valence-electron chi connectivity index (χ4n) is 1.58. The second kappa shape index (κ2) is 8.25. The van der Waals surface area contributed by atoms with Crippen LogP contribution in [0.2, 0.25) is 0 Å². The molecule has 0 aliphatic carbocycles. The molecule has 0 aliphatic rings. The summed E-state index contributed by atoms with van der Waals surface area (Å²) in [4.78, 5) is 10.3. The van der Waals surface area contributed by atoms with Crippen LogP contribution in [-0.2, 0) is 11.2 Å². The molecule has 4 heteroatoms. The van der Waals surface area contributed by atoms with Crippen LogP contribution in [0.15, 0.2) is 28.7 Å². The summed E-state index contributed by atoms with van der Waals surface area (Å²) in [5, 5.41) is 11.8. The molecule has 0 bridgehead atoms. The van der Waals surface area contributed by atoms with Gasteiger partial charge in [-0.15, -0.1) is 0 Å². The van der Waals surface area contributed by atoms with Crippen LogP contribution in [0.25, 0.3) is 0 Å². The number of carbonyl (C=O) groups is 1. The standard InChI is InChI=1S/C13H18BrNO2/c14-12-6-2-1-5-11(12)8-10-15-9-4-3-7-13(16)17/h1-2,5-6,15H,3-4,7-10H2,(H,16,17). The topological polar surface area (TPSA) is 49.3 Å². The maximum Gasteiger partial charge on any atom is 0.303 e. The van der Waals surface area contributed by atoms with Crippen molar-refractivity contribution in [2.24, 2.45) is 0 Å². The Morgan fingerprint density at radius 3 is 2.71 bits per heavy atom. The quantitative estimate of drug-likeness (QED) is 0.726. The molecule has 0 spiro atoms. The Bertz CT molecular complexity index is 355. The first kappa shape index (κ1) is 14.2. The highest BCUT2D eigenvalue weighted by Gasteiger charge is 1.98. The number of nitrogens with one attached hydrogen (secondary N) is 1. The lowest BCUT2D eigenvalue weighted by Gasteiger charge is -2.06. The van der Waals surface area contributed by atoms with Crippen molar-refractivity contribution in [2.45, 2.75) is 25.7 Å². The van der Waals surface area contributed by atoms with Crippen LogP contribution in [0.1, 0.15) is 24.8 Å². The molecule has 0 saturated heterocycles. The van der Waals surface area contributed by atoms with Gasteiger partial charge in [-0.1, -0.05) is 34.1 Å². The van der Waals surface area contributed by atoms with Gasteiger partial charge in [-0.05, 0) is 44.0 Å². The summed E-state index contributed by atoms with van der Waals surface area (Å²) in [7, 11) is 0. The molecule has 0 saturated carbocycles. The maximum atomic E-state index is 10.3. The summed E-state index contributed by atoms with van der Waals surface area (Å²) in [5.41, 5.74) is 1.30. The fraction of sp³-hybridized carbons (Fsp3) is 0.462. The highest BCUT2D eigenvalue weighted by molar-refractivity contribution is 9.10. The molecule has 1 aromatic carbocycles. The third-order valence-corrected chi connectivity index (χ3v) is 3.30. The number of hydrogen-bond acceptors (Lipinski definition) is 2. The van der Waals surface area contributed by atoms with Crippen molar-refractivity contribution in [1.82, 2.24) is 5.32 Å². The van der Waals surface area contributed by atoms with Gasteiger partial charge in [0.2, 0.25) is 0 Å². The highest BCUT2D eigenvalue weighted by Crippen LogP contribution is 2.15. The number of unbranched alkanes of at least 4 members (excludes halogenated alkanes) is 1. The number of benzene rings is 1. The summed E-state index contributed by atoms with van der Waals surface area (Å²) in [6.45, 7) is 1.81. The molecular formula is C13H18BrNO2. The number of halogens is 1. The predicted molar refractivity (Wildman–Crippen MR) is 72.2 cm³/mol. The van der Waals surface area contributed by atoms with Crippen LogP contribution in [0, 0.1) is 0 Å². The van der Waals surface area contributed by atoms with Crippen molar-refractivity contribution in [1.29, 1.82) is 0 Å². The lowest BCUT2D eigenvalue weighted by Crippen LogP contribution is -2.18. The van der Waals surface area contributed by atoms with Gasteiger partial charge in [-0.2, -0.15) is 0 Å². The summed E-state index contributed by atoms with van der Waals surface area (Å²) in [5.74, 6) is -0.710. The Hall–Kier alpha value is -0.870. The lowest BCUT2D eigenvalue weighted by molar-refractivity contribution is -0.137. The number of aliphatic carboxylic acids is 1. The molecule has 94 valence electrons. The van der Waals surface area contributed by atoms with Crippen LogP contribution in [0.3, 0.4) is 0 Å². The number of carboxylic acid groups (broad SMARTS) is 1. The van der Waals surface area contributed by atoms with E-state index in [1.54, 1.807) is 0 Å². The summed E-state index contributed by atoms with van der Waals surface area (Å²) in [6.07, 6.45) is 2.92. The Labute approximate surface area is 110 Å². The summed E-state index contributed by atoms with van der Waals surface area (Å²) in [6, 6.07) is 8.19. The van der Waals surface area contributed by atoms with E-state index in [-0.39, 0.29) is 6.42 Å². The molecule has 0 radical (unpaired) electrons. The molecule has 0 fully saturated rings. The van der Waals surface area contributed by atoms with E-state index < -0.39 is 5.97 Å². The second-order valence-electron chi connectivity index (χ2n) is 3.94. The number of rotatable bonds is 8. The van der Waals surface area contributed by atoms with Crippen LogP contribution in [0.4, 0.5) is 0 Å². The van der Waals surface area contributed by atoms with E-state index in [0.717, 1.165) is 36.8 Å². The first-order valence-corrected chi connectivity index (χ1v) is 6.65. The first-order valence-electron chi connectivity index (χ1n) is 5.86. The Kier molecular flexibility index (Phi) is 6.89. The van der Waals surface area contributed by atoms with Crippen molar-refractivity contribution < 1.29 is 9.90 Å². The van der Waals surface area contributed by atoms with Crippen molar-refractivity contribution >= 4 is 21.9 Å². The van der Waals surface area contributed by atoms with Crippen molar-refractivity contribution in [2.75, 3.05) is 13.1 Å². The number of hydrogen-bond donors (Lipinski definition) is 2. The molecular weight excluding hydrogens is 282 g/mol. The first-order chi connectivity index (χ1) is 8.20. The molecule has 0 aliphatic heterocycles. The molecule has 1 rings (SSSR count). The average molecular weight is 300 g/mol. The van der Waals surface area contributed by atoms with Crippen LogP contribution in [0.5, 0.6) is 0 Å². The zero-order valence-corrected chi connectivity index (χ0v) is 11.4. The van der Waals surface area contributed by atoms with Gasteiger partial charge in [0.25, 0.3) is 0 Å². The molecule has 1 aromatic rings. The minimum atomic E-state index is -0.710. The van der Waals surface area contributed by atoms with E-state index in [2.05, 4.69) is 27.3 Å². The van der Waals surface area contributed by atoms with Gasteiger partial charge >= 0.3 is 5.97 Å². The average Bonchev–Trinajstić information content (AvgIpc) is 2.30. The van der Waals surface area contributed by atoms with Crippen molar-refractivity contribution in [3.63, 3.8) is 0 Å². The second-order valence-corrected chi connectivity index (χ2v) is 4.80. The predicted octanol–water partition coefficient (Wildman–Crippen LogP) is 2.84. The SMILES string of the molecule is O=C(O)CCCCNCCc1ccccc1Br. The Morgan fingerprint density at radius 1 is 1.24 bits per heavy atom. The third-order valence-electron chi connectivity index (χ3n) is 2.52. The van der Waals surface area contributed by atoms with Gasteiger partial charge in [0, 0.05) is 10.9 Å². The van der Waals surface area contributed by atoms with Crippen LogP contribution < -0.4 is 5.32 Å². The summed E-state index contributed by atoms with van der Waals surface area (Å²) < 4.78 is 1.15. The van der Waals surface area contributed by atoms with E-state index in [9.17, 15) is 4.79 Å². The van der Waals surface area contributed by atoms with Crippen molar-refractivity contribution in [3.8, 4) is 0 Å². The molecule has 0 atom stereocenters. The van der Waals surface area contributed by atoms with Crippen LogP contribution >= 0.6 is 15.9 Å². The zero-order valence-electron chi connectivity index (χ0n) is 9.79. The maximum absolute atomic E-state index is 10.3. The Morgan fingerprint density at radius 2 is 2.00 bits per heavy atom. The van der Waals surface area contributed by atoms with E-state index >= 15 is 0 Å². The minimum absolute atomic E-state index is 0.270. The fourth-order valence-corrected chi connectivity index (χ4v) is 2.06. The van der Waals surface area contributed by atoms with Gasteiger partial charge < -0.3 is 10.4 Å². The minimum Gasteiger partial charge on any atom is -0.481 e. The monoisotopic (exact) mass is 299 g/mol. The number of carboxylic acids is 1. The molecule has 3 nitrogen and oxygen atoms in total. The largest absolute Gasteiger partial charge is 0.481 e. The molecule has 0 amide bonds. The van der Waals surface area contributed by atoms with Gasteiger partial charge in [0.15, 0.2) is 0 Å². The van der Waals surface area contributed by atoms with Crippen molar-refractivity contribution in [3.05, 3.63) is 34.3 Å². The molecule has 17 heavy (non-hydrogen) atoms. The molecule has 0 unspecified atom stereocenters. The molecule has 2 N–H and O–H groups in total. The highest BCUT2D eigenvalue weighted by atomic mass is 79.9. The molecule has 0 heterocycles. The van der Waals surface area contributed by atoms with Crippen LogP contribution in [-0.4, -0.2) is 24.2 Å². The van der Waals surface area contributed by atoms with Gasteiger partial charge in [-0.25, -0.2) is 0 Å². The van der Waals surface area contributed by atoms with E-state index in [4.69, 9.17) is 5.11 Å². The zero-order chi connectivity index (χ0) is 12.5. The molecule has 0 aromatic heterocycles. The third kappa shape index (κ3) is 6.44. The van der Waals surface area contributed by atoms with E-state index in [1.807, 2.05) is 18.2 Å². The van der Waals surface area contributed by atoms with E-state index in [1.165, 1.54) is 5.56 Å². The Balaban J connectivity index is 2.05. The smallest absolute Gasteiger partial charge is 0.303 e.